The number of nitrogens with one attached hydrogen (secondary N) is 1. The standard InChI is InChI=1S/C15H22N2O2/c1-10-6-5-7-12(16-10)13(11-8-9-11)17-14(18)15(2,3)19-4/h5-7,11,13H,8-9H2,1-4H3,(H,17,18). The van der Waals surface area contributed by atoms with E-state index in [-0.39, 0.29) is 11.9 Å². The van der Waals surface area contributed by atoms with Crippen molar-refractivity contribution >= 4 is 5.91 Å². The maximum absolute atomic E-state index is 12.2. The first-order valence-corrected chi connectivity index (χ1v) is 6.73. The van der Waals surface area contributed by atoms with E-state index in [0.29, 0.717) is 5.92 Å². The van der Waals surface area contributed by atoms with E-state index in [1.807, 2.05) is 25.1 Å². The Kier molecular flexibility index (Phi) is 3.90. The monoisotopic (exact) mass is 262 g/mol. The van der Waals surface area contributed by atoms with Gasteiger partial charge in [-0.25, -0.2) is 0 Å². The molecule has 1 amide bonds. The number of nitrogens with zero attached hydrogens (tertiary/aromatic N) is 1. The molecule has 19 heavy (non-hydrogen) atoms. The van der Waals surface area contributed by atoms with Gasteiger partial charge in [-0.05, 0) is 51.7 Å². The number of methoxy groups -OCH3 is 1. The third kappa shape index (κ3) is 3.32. The molecule has 1 aliphatic rings. The lowest BCUT2D eigenvalue weighted by molar-refractivity contribution is -0.140. The van der Waals surface area contributed by atoms with Gasteiger partial charge in [0, 0.05) is 12.8 Å². The number of amides is 1. The van der Waals surface area contributed by atoms with Crippen molar-refractivity contribution in [3.63, 3.8) is 0 Å². The lowest BCUT2D eigenvalue weighted by Crippen LogP contribution is -2.45. The number of hydrogen-bond donors (Lipinski definition) is 1. The van der Waals surface area contributed by atoms with Crippen LogP contribution in [0.25, 0.3) is 0 Å². The van der Waals surface area contributed by atoms with E-state index in [0.717, 1.165) is 24.2 Å². The highest BCUT2D eigenvalue weighted by molar-refractivity contribution is 5.84. The molecule has 0 saturated heterocycles. The van der Waals surface area contributed by atoms with Crippen LogP contribution >= 0.6 is 0 Å². The summed E-state index contributed by atoms with van der Waals surface area (Å²) in [5.41, 5.74) is 1.11. The van der Waals surface area contributed by atoms with Crippen molar-refractivity contribution < 1.29 is 9.53 Å². The molecule has 4 nitrogen and oxygen atoms in total. The zero-order valence-corrected chi connectivity index (χ0v) is 12.1. The molecule has 4 heteroatoms. The van der Waals surface area contributed by atoms with E-state index >= 15 is 0 Å². The van der Waals surface area contributed by atoms with Gasteiger partial charge in [0.15, 0.2) is 0 Å². The van der Waals surface area contributed by atoms with Gasteiger partial charge in [0.05, 0.1) is 11.7 Å². The molecule has 0 spiro atoms. The van der Waals surface area contributed by atoms with E-state index in [2.05, 4.69) is 10.3 Å². The van der Waals surface area contributed by atoms with Crippen LogP contribution in [0.5, 0.6) is 0 Å². The Labute approximate surface area is 114 Å². The van der Waals surface area contributed by atoms with Crippen molar-refractivity contribution in [2.45, 2.75) is 45.3 Å². The molecule has 1 saturated carbocycles. The molecular weight excluding hydrogens is 240 g/mol. The number of ether oxygens (including phenoxy) is 1. The van der Waals surface area contributed by atoms with E-state index in [4.69, 9.17) is 4.74 Å². The Balaban J connectivity index is 2.16. The van der Waals surface area contributed by atoms with E-state index < -0.39 is 5.60 Å². The average molecular weight is 262 g/mol. The number of carbonyl (C=O) groups excluding carboxylic acids is 1. The molecule has 1 aromatic rings. The van der Waals surface area contributed by atoms with Crippen LogP contribution in [0.1, 0.15) is 44.1 Å². The molecule has 0 radical (unpaired) electrons. The summed E-state index contributed by atoms with van der Waals surface area (Å²) in [6, 6.07) is 5.94. The van der Waals surface area contributed by atoms with Crippen LogP contribution in [-0.2, 0) is 9.53 Å². The van der Waals surface area contributed by atoms with Gasteiger partial charge in [0.1, 0.15) is 5.60 Å². The summed E-state index contributed by atoms with van der Waals surface area (Å²) in [7, 11) is 1.55. The van der Waals surface area contributed by atoms with Crippen molar-refractivity contribution in [3.8, 4) is 0 Å². The highest BCUT2D eigenvalue weighted by Crippen LogP contribution is 2.40. The van der Waals surface area contributed by atoms with Crippen LogP contribution in [0.3, 0.4) is 0 Å². The van der Waals surface area contributed by atoms with Gasteiger partial charge >= 0.3 is 0 Å². The first-order chi connectivity index (χ1) is 8.94. The maximum Gasteiger partial charge on any atom is 0.252 e. The minimum Gasteiger partial charge on any atom is -0.369 e. The third-order valence-corrected chi connectivity index (χ3v) is 3.67. The summed E-state index contributed by atoms with van der Waals surface area (Å²) < 4.78 is 5.23. The van der Waals surface area contributed by atoms with Crippen molar-refractivity contribution in [3.05, 3.63) is 29.6 Å². The molecule has 2 rings (SSSR count). The second-order valence-electron chi connectivity index (χ2n) is 5.71. The summed E-state index contributed by atoms with van der Waals surface area (Å²) in [5.74, 6) is 0.418. The second-order valence-corrected chi connectivity index (χ2v) is 5.71. The first kappa shape index (κ1) is 14.0. The van der Waals surface area contributed by atoms with Crippen molar-refractivity contribution in [1.82, 2.24) is 10.3 Å². The van der Waals surface area contributed by atoms with Gasteiger partial charge in [-0.1, -0.05) is 6.07 Å². The Morgan fingerprint density at radius 2 is 2.16 bits per heavy atom. The lowest BCUT2D eigenvalue weighted by Gasteiger charge is -2.26. The summed E-state index contributed by atoms with van der Waals surface area (Å²) in [5, 5.41) is 3.09. The second kappa shape index (κ2) is 5.29. The highest BCUT2D eigenvalue weighted by atomic mass is 16.5. The summed E-state index contributed by atoms with van der Waals surface area (Å²) in [6.45, 7) is 5.51. The Morgan fingerprint density at radius 3 is 2.68 bits per heavy atom. The smallest absolute Gasteiger partial charge is 0.252 e. The SMILES string of the molecule is COC(C)(C)C(=O)NC(c1cccc(C)n1)C1CC1. The third-order valence-electron chi connectivity index (χ3n) is 3.67. The number of hydrogen-bond acceptors (Lipinski definition) is 3. The van der Waals surface area contributed by atoms with Crippen LogP contribution in [0.2, 0.25) is 0 Å². The quantitative estimate of drug-likeness (QED) is 0.886. The molecule has 1 atom stereocenters. The molecule has 1 heterocycles. The minimum atomic E-state index is -0.809. The fourth-order valence-electron chi connectivity index (χ4n) is 2.01. The number of carbonyl (C=O) groups is 1. The molecule has 0 bridgehead atoms. The van der Waals surface area contributed by atoms with Crippen LogP contribution < -0.4 is 5.32 Å². The largest absolute Gasteiger partial charge is 0.369 e. The normalized spacial score (nSPS) is 17.1. The fourth-order valence-corrected chi connectivity index (χ4v) is 2.01. The predicted octanol–water partition coefficient (Wildman–Crippen LogP) is 2.38. The van der Waals surface area contributed by atoms with Gasteiger partial charge < -0.3 is 10.1 Å². The number of pyridine rings is 1. The number of aromatic nitrogens is 1. The number of rotatable bonds is 5. The van der Waals surface area contributed by atoms with Crippen LogP contribution in [0, 0.1) is 12.8 Å². The van der Waals surface area contributed by atoms with Gasteiger partial charge in [0.25, 0.3) is 5.91 Å². The molecule has 1 aliphatic carbocycles. The van der Waals surface area contributed by atoms with Crippen molar-refractivity contribution in [2.75, 3.05) is 7.11 Å². The van der Waals surface area contributed by atoms with E-state index in [9.17, 15) is 4.79 Å². The molecular formula is C15H22N2O2. The molecule has 0 aliphatic heterocycles. The average Bonchev–Trinajstić information content (AvgIpc) is 3.19. The van der Waals surface area contributed by atoms with Crippen LogP contribution in [-0.4, -0.2) is 23.6 Å². The zero-order chi connectivity index (χ0) is 14.0. The predicted molar refractivity (Wildman–Crippen MR) is 73.7 cm³/mol. The minimum absolute atomic E-state index is 0.00169. The lowest BCUT2D eigenvalue weighted by atomic mass is 10.0. The van der Waals surface area contributed by atoms with Crippen LogP contribution in [0.15, 0.2) is 18.2 Å². The topological polar surface area (TPSA) is 51.2 Å². The first-order valence-electron chi connectivity index (χ1n) is 6.73. The molecule has 1 fully saturated rings. The van der Waals surface area contributed by atoms with Gasteiger partial charge in [-0.15, -0.1) is 0 Å². The van der Waals surface area contributed by atoms with Gasteiger partial charge in [-0.3, -0.25) is 9.78 Å². The Morgan fingerprint density at radius 1 is 1.47 bits per heavy atom. The molecule has 0 aromatic carbocycles. The fraction of sp³-hybridized carbons (Fsp3) is 0.600. The summed E-state index contributed by atoms with van der Waals surface area (Å²) in [6.07, 6.45) is 2.29. The Hall–Kier alpha value is -1.42. The highest BCUT2D eigenvalue weighted by Gasteiger charge is 2.37. The zero-order valence-electron chi connectivity index (χ0n) is 12.1. The summed E-state index contributed by atoms with van der Waals surface area (Å²) >= 11 is 0. The van der Waals surface area contributed by atoms with Gasteiger partial charge in [-0.2, -0.15) is 0 Å². The van der Waals surface area contributed by atoms with Gasteiger partial charge in [0.2, 0.25) is 0 Å². The van der Waals surface area contributed by atoms with Crippen LogP contribution in [0.4, 0.5) is 0 Å². The van der Waals surface area contributed by atoms with E-state index in [1.165, 1.54) is 0 Å². The summed E-state index contributed by atoms with van der Waals surface area (Å²) in [4.78, 5) is 16.8. The Bertz CT molecular complexity index is 467. The van der Waals surface area contributed by atoms with Crippen molar-refractivity contribution in [1.29, 1.82) is 0 Å². The molecule has 1 aromatic heterocycles. The van der Waals surface area contributed by atoms with E-state index in [1.54, 1.807) is 21.0 Å². The maximum atomic E-state index is 12.2. The molecule has 1 N–H and O–H groups in total. The number of aryl methyl sites for hydroxylation is 1. The molecule has 104 valence electrons. The van der Waals surface area contributed by atoms with Crippen molar-refractivity contribution in [2.24, 2.45) is 5.92 Å². The molecule has 1 unspecified atom stereocenters.